The molecule has 1 rings (SSSR count). The molecule has 0 bridgehead atoms. The number of hydrogen-bond donors (Lipinski definition) is 2. The molecular formula is C13H24F3N3O. The zero-order chi connectivity index (χ0) is 15.6. The second-order valence-corrected chi connectivity index (χ2v) is 6.80. The van der Waals surface area contributed by atoms with Crippen LogP contribution < -0.4 is 11.1 Å². The summed E-state index contributed by atoms with van der Waals surface area (Å²) >= 11 is 0. The monoisotopic (exact) mass is 295 g/mol. The lowest BCUT2D eigenvalue weighted by atomic mass is 9.90. The smallest absolute Gasteiger partial charge is 0.351 e. The molecule has 2 atom stereocenters. The van der Waals surface area contributed by atoms with Crippen molar-refractivity contribution in [2.75, 3.05) is 19.6 Å². The second kappa shape index (κ2) is 6.20. The average molecular weight is 295 g/mol. The fourth-order valence-corrected chi connectivity index (χ4v) is 2.46. The molecule has 0 aromatic carbocycles. The van der Waals surface area contributed by atoms with Crippen molar-refractivity contribution in [1.29, 1.82) is 0 Å². The maximum Gasteiger partial charge on any atom is 0.389 e. The first-order valence-corrected chi connectivity index (χ1v) is 6.81. The molecule has 7 heteroatoms. The van der Waals surface area contributed by atoms with E-state index in [1.807, 2.05) is 20.8 Å². The number of nitrogens with two attached hydrogens (primary N) is 1. The Labute approximate surface area is 117 Å². The van der Waals surface area contributed by atoms with E-state index in [2.05, 4.69) is 5.32 Å². The summed E-state index contributed by atoms with van der Waals surface area (Å²) in [5.74, 6) is -0.589. The average Bonchev–Trinajstić information content (AvgIpc) is 2.22. The van der Waals surface area contributed by atoms with Crippen LogP contribution in [0, 0.1) is 11.3 Å². The summed E-state index contributed by atoms with van der Waals surface area (Å²) in [5, 5.41) is 3.25. The topological polar surface area (TPSA) is 58.4 Å². The maximum absolute atomic E-state index is 12.5. The lowest BCUT2D eigenvalue weighted by molar-refractivity contribution is -0.148. The number of amides is 2. The Balaban J connectivity index is 2.63. The van der Waals surface area contributed by atoms with Gasteiger partial charge in [0.15, 0.2) is 0 Å². The van der Waals surface area contributed by atoms with E-state index < -0.39 is 24.5 Å². The van der Waals surface area contributed by atoms with Crippen LogP contribution in [0.3, 0.4) is 0 Å². The van der Waals surface area contributed by atoms with Crippen molar-refractivity contribution in [3.05, 3.63) is 0 Å². The predicted molar refractivity (Wildman–Crippen MR) is 71.2 cm³/mol. The van der Waals surface area contributed by atoms with Crippen molar-refractivity contribution < 1.29 is 18.0 Å². The van der Waals surface area contributed by atoms with Gasteiger partial charge in [-0.2, -0.15) is 13.2 Å². The van der Waals surface area contributed by atoms with E-state index in [0.717, 1.165) is 0 Å². The normalized spacial score (nSPS) is 24.8. The van der Waals surface area contributed by atoms with E-state index in [-0.39, 0.29) is 18.0 Å². The Morgan fingerprint density at radius 3 is 2.35 bits per heavy atom. The second-order valence-electron chi connectivity index (χ2n) is 6.80. The van der Waals surface area contributed by atoms with Gasteiger partial charge in [0.05, 0.1) is 0 Å². The van der Waals surface area contributed by atoms with E-state index in [4.69, 9.17) is 5.73 Å². The number of piperidine rings is 1. The molecule has 0 radical (unpaired) electrons. The van der Waals surface area contributed by atoms with Gasteiger partial charge in [-0.3, -0.25) is 0 Å². The third kappa shape index (κ3) is 6.45. The summed E-state index contributed by atoms with van der Waals surface area (Å²) < 4.78 is 37.5. The van der Waals surface area contributed by atoms with Gasteiger partial charge in [0.25, 0.3) is 0 Å². The zero-order valence-corrected chi connectivity index (χ0v) is 12.3. The number of likely N-dealkylation sites (tertiary alicyclic amines) is 1. The van der Waals surface area contributed by atoms with Crippen LogP contribution in [0.5, 0.6) is 0 Å². The summed E-state index contributed by atoms with van der Waals surface area (Å²) in [5.41, 5.74) is 5.25. The highest BCUT2D eigenvalue weighted by molar-refractivity contribution is 5.72. The van der Waals surface area contributed by atoms with Gasteiger partial charge in [-0.1, -0.05) is 20.8 Å². The summed E-state index contributed by atoms with van der Waals surface area (Å²) in [7, 11) is 0. The molecule has 0 aromatic heterocycles. The summed E-state index contributed by atoms with van der Waals surface area (Å²) in [6, 6.07) is -0.790. The lowest BCUT2D eigenvalue weighted by Crippen LogP contribution is -2.54. The van der Waals surface area contributed by atoms with Crippen LogP contribution in [-0.2, 0) is 0 Å². The van der Waals surface area contributed by atoms with Gasteiger partial charge in [-0.05, 0) is 17.8 Å². The Kier molecular flexibility index (Phi) is 5.29. The number of urea groups is 1. The summed E-state index contributed by atoms with van der Waals surface area (Å²) in [6.45, 7) is 7.27. The molecule has 2 unspecified atom stereocenters. The first kappa shape index (κ1) is 17.1. The minimum atomic E-state index is -4.21. The van der Waals surface area contributed by atoms with E-state index in [0.29, 0.717) is 19.5 Å². The molecule has 1 fully saturated rings. The van der Waals surface area contributed by atoms with Gasteiger partial charge >= 0.3 is 12.2 Å². The molecule has 4 nitrogen and oxygen atoms in total. The van der Waals surface area contributed by atoms with Crippen molar-refractivity contribution >= 4 is 6.03 Å². The van der Waals surface area contributed by atoms with Gasteiger partial charge in [0, 0.05) is 32.1 Å². The molecule has 1 aliphatic heterocycles. The number of carbonyl (C=O) groups is 1. The Hall–Kier alpha value is -0.980. The van der Waals surface area contributed by atoms with Crippen LogP contribution in [-0.4, -0.2) is 42.8 Å². The van der Waals surface area contributed by atoms with E-state index in [1.165, 1.54) is 4.90 Å². The Morgan fingerprint density at radius 1 is 1.30 bits per heavy atom. The first-order valence-electron chi connectivity index (χ1n) is 6.81. The first-order chi connectivity index (χ1) is 8.96. The molecule has 0 aromatic rings. The number of alkyl halides is 3. The standard InChI is InChI=1S/C13H24F3N3O/c1-12(2,3)8-18-10-4-9(5-13(14,15)16)6-19(7-10)11(17)20/h9-10,18H,4-8H2,1-3H3,(H2,17,20). The number of rotatable bonds is 3. The minimum absolute atomic E-state index is 0.0362. The van der Waals surface area contributed by atoms with E-state index in [1.54, 1.807) is 0 Å². The van der Waals surface area contributed by atoms with Crippen LogP contribution in [0.25, 0.3) is 0 Å². The van der Waals surface area contributed by atoms with E-state index >= 15 is 0 Å². The molecule has 1 heterocycles. The third-order valence-electron chi connectivity index (χ3n) is 3.29. The van der Waals surface area contributed by atoms with E-state index in [9.17, 15) is 18.0 Å². The molecular weight excluding hydrogens is 271 g/mol. The van der Waals surface area contributed by atoms with Crippen molar-refractivity contribution in [3.63, 3.8) is 0 Å². The quantitative estimate of drug-likeness (QED) is 0.839. The van der Waals surface area contributed by atoms with Crippen LogP contribution in [0.4, 0.5) is 18.0 Å². The molecule has 1 aliphatic rings. The summed E-state index contributed by atoms with van der Waals surface area (Å²) in [4.78, 5) is 12.6. The third-order valence-corrected chi connectivity index (χ3v) is 3.29. The molecule has 3 N–H and O–H groups in total. The number of hydrogen-bond acceptors (Lipinski definition) is 2. The van der Waals surface area contributed by atoms with Gasteiger partial charge in [-0.25, -0.2) is 4.79 Å². The number of carbonyl (C=O) groups excluding carboxylic acids is 1. The van der Waals surface area contributed by atoms with Crippen LogP contribution in [0.15, 0.2) is 0 Å². The van der Waals surface area contributed by atoms with Crippen molar-refractivity contribution in [2.45, 2.75) is 45.8 Å². The highest BCUT2D eigenvalue weighted by Crippen LogP contribution is 2.30. The van der Waals surface area contributed by atoms with Crippen molar-refractivity contribution in [3.8, 4) is 0 Å². The molecule has 0 spiro atoms. The lowest BCUT2D eigenvalue weighted by Gasteiger charge is -2.38. The largest absolute Gasteiger partial charge is 0.389 e. The SMILES string of the molecule is CC(C)(C)CNC1CC(CC(F)(F)F)CN(C(N)=O)C1. The molecule has 2 amide bonds. The highest BCUT2D eigenvalue weighted by atomic mass is 19.4. The van der Waals surface area contributed by atoms with Gasteiger partial charge in [0.1, 0.15) is 0 Å². The Bertz CT molecular complexity index is 339. The molecule has 0 saturated carbocycles. The Morgan fingerprint density at radius 2 is 1.90 bits per heavy atom. The fraction of sp³-hybridized carbons (Fsp3) is 0.923. The molecule has 20 heavy (non-hydrogen) atoms. The number of nitrogens with zero attached hydrogens (tertiary/aromatic N) is 1. The van der Waals surface area contributed by atoms with Crippen molar-refractivity contribution in [2.24, 2.45) is 17.1 Å². The fourth-order valence-electron chi connectivity index (χ4n) is 2.46. The van der Waals surface area contributed by atoms with Crippen LogP contribution in [0.2, 0.25) is 0 Å². The van der Waals surface area contributed by atoms with Gasteiger partial charge in [-0.15, -0.1) is 0 Å². The number of primary amides is 1. The highest BCUT2D eigenvalue weighted by Gasteiger charge is 2.37. The van der Waals surface area contributed by atoms with Crippen LogP contribution >= 0.6 is 0 Å². The zero-order valence-electron chi connectivity index (χ0n) is 12.3. The molecule has 118 valence electrons. The number of nitrogens with one attached hydrogen (secondary N) is 1. The minimum Gasteiger partial charge on any atom is -0.351 e. The molecule has 0 aliphatic carbocycles. The van der Waals surface area contributed by atoms with Gasteiger partial charge < -0.3 is 16.0 Å². The van der Waals surface area contributed by atoms with Crippen molar-refractivity contribution in [1.82, 2.24) is 10.2 Å². The maximum atomic E-state index is 12.5. The molecule has 1 saturated heterocycles. The predicted octanol–water partition coefficient (Wildman–Crippen LogP) is 2.34. The number of halogens is 3. The summed E-state index contributed by atoms with van der Waals surface area (Å²) in [6.07, 6.45) is -4.66. The van der Waals surface area contributed by atoms with Crippen LogP contribution in [0.1, 0.15) is 33.6 Å². The van der Waals surface area contributed by atoms with Gasteiger partial charge in [0.2, 0.25) is 0 Å².